The molecule has 1 fully saturated rings. The van der Waals surface area contributed by atoms with Gasteiger partial charge in [0.25, 0.3) is 5.91 Å². The van der Waals surface area contributed by atoms with Gasteiger partial charge in [0.2, 0.25) is 0 Å². The molecule has 43 heavy (non-hydrogen) atoms. The van der Waals surface area contributed by atoms with Gasteiger partial charge in [-0.05, 0) is 83.6 Å². The highest BCUT2D eigenvalue weighted by Crippen LogP contribution is 2.46. The van der Waals surface area contributed by atoms with Gasteiger partial charge in [-0.1, -0.05) is 42.5 Å². The molecule has 1 saturated carbocycles. The van der Waals surface area contributed by atoms with E-state index < -0.39 is 23.2 Å². The Morgan fingerprint density at radius 2 is 1.67 bits per heavy atom. The summed E-state index contributed by atoms with van der Waals surface area (Å²) < 4.78 is 41.2. The molecule has 214 valence electrons. The standard InChI is InChI=1S/C34H24F3N3O3/c35-34(36,37)26-8-4-21(5-9-26)20-40-17-14-28-27(24-3-1-2-22(18-24)19-38)12-13-29(30(28)40)31(41)39-33(15-16-33)25-10-6-23(7-11-25)32(42)43/h1-14,17-18H,15-16,20H2,(H,39,41)(H,42,43). The largest absolute Gasteiger partial charge is 0.478 e. The summed E-state index contributed by atoms with van der Waals surface area (Å²) in [5.41, 5.74) is 3.32. The molecule has 0 radical (unpaired) electrons. The zero-order chi connectivity index (χ0) is 30.4. The molecule has 1 heterocycles. The average Bonchev–Trinajstić information content (AvgIpc) is 3.67. The second-order valence-corrected chi connectivity index (χ2v) is 10.7. The summed E-state index contributed by atoms with van der Waals surface area (Å²) in [6.45, 7) is 0.228. The van der Waals surface area contributed by atoms with Crippen molar-refractivity contribution in [1.82, 2.24) is 9.88 Å². The number of amides is 1. The number of carbonyl (C=O) groups excluding carboxylic acids is 1. The van der Waals surface area contributed by atoms with Crippen molar-refractivity contribution < 1.29 is 27.9 Å². The lowest BCUT2D eigenvalue weighted by Crippen LogP contribution is -2.35. The Morgan fingerprint density at radius 3 is 2.30 bits per heavy atom. The number of carboxylic acids is 1. The van der Waals surface area contributed by atoms with E-state index in [1.165, 1.54) is 24.3 Å². The molecule has 4 aromatic carbocycles. The van der Waals surface area contributed by atoms with Gasteiger partial charge in [-0.3, -0.25) is 4.79 Å². The fourth-order valence-electron chi connectivity index (χ4n) is 5.47. The maximum absolute atomic E-state index is 13.9. The van der Waals surface area contributed by atoms with Crippen molar-refractivity contribution in [3.63, 3.8) is 0 Å². The summed E-state index contributed by atoms with van der Waals surface area (Å²) in [5.74, 6) is -1.36. The van der Waals surface area contributed by atoms with Crippen molar-refractivity contribution in [3.05, 3.63) is 131 Å². The Balaban J connectivity index is 1.40. The Kier molecular flexibility index (Phi) is 6.77. The monoisotopic (exact) mass is 579 g/mol. The molecule has 0 aliphatic heterocycles. The minimum Gasteiger partial charge on any atom is -0.478 e. The van der Waals surface area contributed by atoms with E-state index in [-0.39, 0.29) is 18.0 Å². The number of rotatable bonds is 7. The molecule has 2 N–H and O–H groups in total. The number of nitrogens with one attached hydrogen (secondary N) is 1. The fourth-order valence-corrected chi connectivity index (χ4v) is 5.47. The quantitative estimate of drug-likeness (QED) is 0.211. The number of alkyl halides is 3. The average molecular weight is 580 g/mol. The van der Waals surface area contributed by atoms with Crippen LogP contribution < -0.4 is 5.32 Å². The van der Waals surface area contributed by atoms with Gasteiger partial charge in [-0.15, -0.1) is 0 Å². The van der Waals surface area contributed by atoms with Crippen LogP contribution in [0.1, 0.15) is 55.8 Å². The Bertz CT molecular complexity index is 1910. The van der Waals surface area contributed by atoms with Crippen LogP contribution in [0.5, 0.6) is 0 Å². The summed E-state index contributed by atoms with van der Waals surface area (Å²) in [6.07, 6.45) is -1.25. The Hall–Kier alpha value is -5.36. The van der Waals surface area contributed by atoms with E-state index in [1.807, 2.05) is 22.8 Å². The lowest BCUT2D eigenvalue weighted by atomic mass is 9.97. The molecule has 6 nitrogen and oxygen atoms in total. The van der Waals surface area contributed by atoms with E-state index in [0.29, 0.717) is 35.0 Å². The second kappa shape index (κ2) is 10.5. The van der Waals surface area contributed by atoms with Crippen LogP contribution >= 0.6 is 0 Å². The maximum atomic E-state index is 13.9. The van der Waals surface area contributed by atoms with Crippen LogP contribution in [0.4, 0.5) is 13.2 Å². The molecule has 0 atom stereocenters. The SMILES string of the molecule is N#Cc1cccc(-c2ccc(C(=O)NC3(c4ccc(C(=O)O)cc4)CC3)c3c2ccn3Cc2ccc(C(F)(F)F)cc2)c1. The molecule has 1 aliphatic rings. The number of carboxylic acid groups (broad SMARTS) is 1. The number of hydrogen-bond acceptors (Lipinski definition) is 3. The van der Waals surface area contributed by atoms with Crippen molar-refractivity contribution in [2.75, 3.05) is 0 Å². The molecule has 5 aromatic rings. The number of benzene rings is 4. The lowest BCUT2D eigenvalue weighted by Gasteiger charge is -2.20. The van der Waals surface area contributed by atoms with Gasteiger partial charge < -0.3 is 15.0 Å². The number of aromatic nitrogens is 1. The maximum Gasteiger partial charge on any atom is 0.416 e. The van der Waals surface area contributed by atoms with Crippen LogP contribution in [0.15, 0.2) is 97.2 Å². The van der Waals surface area contributed by atoms with Crippen LogP contribution in [0.25, 0.3) is 22.0 Å². The molecular formula is C34H24F3N3O3. The fraction of sp³-hybridized carbons (Fsp3) is 0.147. The van der Waals surface area contributed by atoms with Gasteiger partial charge in [0, 0.05) is 18.1 Å². The Labute approximate surface area is 244 Å². The summed E-state index contributed by atoms with van der Waals surface area (Å²) in [6, 6.07) is 26.1. The highest BCUT2D eigenvalue weighted by molar-refractivity contribution is 6.10. The summed E-state index contributed by atoms with van der Waals surface area (Å²) in [7, 11) is 0. The first-order valence-electron chi connectivity index (χ1n) is 13.5. The summed E-state index contributed by atoms with van der Waals surface area (Å²) >= 11 is 0. The molecule has 0 saturated heterocycles. The van der Waals surface area contributed by atoms with E-state index in [2.05, 4.69) is 11.4 Å². The molecule has 0 unspecified atom stereocenters. The normalized spacial score (nSPS) is 13.8. The summed E-state index contributed by atoms with van der Waals surface area (Å²) in [4.78, 5) is 25.2. The van der Waals surface area contributed by atoms with Crippen molar-refractivity contribution in [2.24, 2.45) is 0 Å². The van der Waals surface area contributed by atoms with Gasteiger partial charge in [0.15, 0.2) is 0 Å². The third-order valence-electron chi connectivity index (χ3n) is 7.89. The van der Waals surface area contributed by atoms with Crippen LogP contribution in [0.3, 0.4) is 0 Å². The van der Waals surface area contributed by atoms with Crippen molar-refractivity contribution >= 4 is 22.8 Å². The van der Waals surface area contributed by atoms with E-state index >= 15 is 0 Å². The van der Waals surface area contributed by atoms with Crippen molar-refractivity contribution in [2.45, 2.75) is 31.1 Å². The van der Waals surface area contributed by atoms with Gasteiger partial charge >= 0.3 is 12.1 Å². The van der Waals surface area contributed by atoms with Gasteiger partial charge in [0.1, 0.15) is 0 Å². The predicted molar refractivity (Wildman–Crippen MR) is 154 cm³/mol. The zero-order valence-corrected chi connectivity index (χ0v) is 22.7. The molecule has 1 amide bonds. The first-order valence-corrected chi connectivity index (χ1v) is 13.5. The van der Waals surface area contributed by atoms with Gasteiger partial charge in [0.05, 0.1) is 39.4 Å². The van der Waals surface area contributed by atoms with Crippen LogP contribution in [0, 0.1) is 11.3 Å². The minimum absolute atomic E-state index is 0.157. The second-order valence-electron chi connectivity index (χ2n) is 10.7. The lowest BCUT2D eigenvalue weighted by molar-refractivity contribution is -0.137. The third kappa shape index (κ3) is 5.35. The van der Waals surface area contributed by atoms with E-state index in [0.717, 1.165) is 34.2 Å². The number of fused-ring (bicyclic) bond motifs is 1. The molecular weight excluding hydrogens is 555 g/mol. The van der Waals surface area contributed by atoms with Crippen molar-refractivity contribution in [3.8, 4) is 17.2 Å². The molecule has 1 aromatic heterocycles. The number of nitriles is 1. The molecule has 6 rings (SSSR count). The van der Waals surface area contributed by atoms with Gasteiger partial charge in [-0.25, -0.2) is 4.79 Å². The van der Waals surface area contributed by atoms with Crippen LogP contribution in [0.2, 0.25) is 0 Å². The molecule has 9 heteroatoms. The number of halogens is 3. The zero-order valence-electron chi connectivity index (χ0n) is 22.7. The number of hydrogen-bond donors (Lipinski definition) is 2. The predicted octanol–water partition coefficient (Wildman–Crippen LogP) is 7.36. The van der Waals surface area contributed by atoms with Crippen LogP contribution in [-0.4, -0.2) is 21.6 Å². The number of carbonyl (C=O) groups is 2. The van der Waals surface area contributed by atoms with Crippen molar-refractivity contribution in [1.29, 1.82) is 5.26 Å². The van der Waals surface area contributed by atoms with E-state index in [9.17, 15) is 33.1 Å². The third-order valence-corrected chi connectivity index (χ3v) is 7.89. The summed E-state index contributed by atoms with van der Waals surface area (Å²) in [5, 5.41) is 22.6. The van der Waals surface area contributed by atoms with Crippen LogP contribution in [-0.2, 0) is 18.3 Å². The smallest absolute Gasteiger partial charge is 0.416 e. The Morgan fingerprint density at radius 1 is 0.953 bits per heavy atom. The highest BCUT2D eigenvalue weighted by Gasteiger charge is 2.46. The molecule has 1 aliphatic carbocycles. The van der Waals surface area contributed by atoms with Gasteiger partial charge in [-0.2, -0.15) is 18.4 Å². The van der Waals surface area contributed by atoms with E-state index in [1.54, 1.807) is 42.6 Å². The first kappa shape index (κ1) is 27.8. The first-order chi connectivity index (χ1) is 20.6. The number of nitrogens with zero attached hydrogens (tertiary/aromatic N) is 2. The topological polar surface area (TPSA) is 95.1 Å². The van der Waals surface area contributed by atoms with E-state index in [4.69, 9.17) is 0 Å². The number of aromatic carboxylic acids is 1. The molecule has 0 spiro atoms. The highest BCUT2D eigenvalue weighted by atomic mass is 19.4. The minimum atomic E-state index is -4.44. The molecule has 0 bridgehead atoms.